The average Bonchev–Trinajstić information content (AvgIpc) is 2.99. The topological polar surface area (TPSA) is 71.3 Å². The van der Waals surface area contributed by atoms with E-state index in [2.05, 4.69) is 46.3 Å². The van der Waals surface area contributed by atoms with Gasteiger partial charge in [-0.25, -0.2) is 0 Å². The van der Waals surface area contributed by atoms with Crippen LogP contribution in [0, 0.1) is 5.92 Å². The van der Waals surface area contributed by atoms with Gasteiger partial charge in [0.2, 0.25) is 11.8 Å². The minimum atomic E-state index is -0.217. The van der Waals surface area contributed by atoms with Crippen molar-refractivity contribution in [2.75, 3.05) is 7.05 Å². The summed E-state index contributed by atoms with van der Waals surface area (Å²) in [6, 6.07) is 8.04. The fourth-order valence-corrected chi connectivity index (χ4v) is 3.14. The highest BCUT2D eigenvalue weighted by Crippen LogP contribution is 2.25. The number of rotatable bonds is 5. The Morgan fingerprint density at radius 2 is 2.12 bits per heavy atom. The molecule has 6 heteroatoms. The molecule has 0 fully saturated rings. The summed E-state index contributed by atoms with van der Waals surface area (Å²) in [4.78, 5) is 18.9. The van der Waals surface area contributed by atoms with Gasteiger partial charge in [0, 0.05) is 20.0 Å². The van der Waals surface area contributed by atoms with Crippen molar-refractivity contribution in [2.24, 2.45) is 5.92 Å². The molecule has 1 aromatic carbocycles. The molecule has 1 aliphatic rings. The van der Waals surface area contributed by atoms with E-state index in [1.165, 1.54) is 11.1 Å². The molecule has 1 aliphatic heterocycles. The standard InChI is InChI=1S/C18H24N4O2/c1-12(2)8-16-20-17(24-21-16)11-22-10-14-7-5-4-6-13(14)9-15(22)18(23)19-3/h4-7,12,15H,8-11H2,1-3H3,(H,19,23). The Labute approximate surface area is 142 Å². The summed E-state index contributed by atoms with van der Waals surface area (Å²) >= 11 is 0. The smallest absolute Gasteiger partial charge is 0.240 e. The van der Waals surface area contributed by atoms with E-state index in [-0.39, 0.29) is 11.9 Å². The number of aromatic nitrogens is 2. The Hall–Kier alpha value is -2.21. The van der Waals surface area contributed by atoms with Gasteiger partial charge < -0.3 is 9.84 Å². The maximum atomic E-state index is 12.3. The number of hydrogen-bond acceptors (Lipinski definition) is 5. The lowest BCUT2D eigenvalue weighted by atomic mass is 9.93. The van der Waals surface area contributed by atoms with Crippen LogP contribution in [0.1, 0.15) is 36.7 Å². The van der Waals surface area contributed by atoms with Crippen LogP contribution >= 0.6 is 0 Å². The van der Waals surface area contributed by atoms with Crippen LogP contribution in [0.2, 0.25) is 0 Å². The second-order valence-electron chi connectivity index (χ2n) is 6.71. The van der Waals surface area contributed by atoms with E-state index in [4.69, 9.17) is 4.52 Å². The molecule has 1 N–H and O–H groups in total. The highest BCUT2D eigenvalue weighted by Gasteiger charge is 2.32. The van der Waals surface area contributed by atoms with Crippen molar-refractivity contribution in [3.63, 3.8) is 0 Å². The van der Waals surface area contributed by atoms with Crippen LogP contribution in [-0.2, 0) is 30.7 Å². The first kappa shape index (κ1) is 16.6. The maximum absolute atomic E-state index is 12.3. The van der Waals surface area contributed by atoms with Gasteiger partial charge in [0.05, 0.1) is 12.6 Å². The number of likely N-dealkylation sites (N-methyl/N-ethyl adjacent to an activating group) is 1. The molecule has 1 atom stereocenters. The largest absolute Gasteiger partial charge is 0.358 e. The highest BCUT2D eigenvalue weighted by molar-refractivity contribution is 5.82. The molecular formula is C18H24N4O2. The minimum absolute atomic E-state index is 0.0198. The second kappa shape index (κ2) is 7.13. The molecule has 1 unspecified atom stereocenters. The second-order valence-corrected chi connectivity index (χ2v) is 6.71. The van der Waals surface area contributed by atoms with Crippen molar-refractivity contribution in [1.29, 1.82) is 0 Å². The Bertz CT molecular complexity index is 711. The maximum Gasteiger partial charge on any atom is 0.240 e. The number of nitrogens with one attached hydrogen (secondary N) is 1. The van der Waals surface area contributed by atoms with Crippen molar-refractivity contribution in [3.8, 4) is 0 Å². The Morgan fingerprint density at radius 1 is 1.38 bits per heavy atom. The molecule has 0 spiro atoms. The van der Waals surface area contributed by atoms with Crippen molar-refractivity contribution in [3.05, 3.63) is 47.1 Å². The van der Waals surface area contributed by atoms with Crippen molar-refractivity contribution in [2.45, 2.75) is 45.8 Å². The molecule has 0 radical (unpaired) electrons. The van der Waals surface area contributed by atoms with E-state index in [1.54, 1.807) is 7.05 Å². The van der Waals surface area contributed by atoms with Gasteiger partial charge >= 0.3 is 0 Å². The van der Waals surface area contributed by atoms with Gasteiger partial charge in [-0.1, -0.05) is 43.3 Å². The van der Waals surface area contributed by atoms with E-state index in [0.717, 1.165) is 12.2 Å². The van der Waals surface area contributed by atoms with E-state index < -0.39 is 0 Å². The predicted octanol–water partition coefficient (Wildman–Crippen LogP) is 1.94. The van der Waals surface area contributed by atoms with E-state index in [0.29, 0.717) is 31.3 Å². The van der Waals surface area contributed by atoms with Crippen LogP contribution in [-0.4, -0.2) is 34.0 Å². The first-order valence-electron chi connectivity index (χ1n) is 8.40. The van der Waals surface area contributed by atoms with E-state index in [1.807, 2.05) is 12.1 Å². The van der Waals surface area contributed by atoms with Gasteiger partial charge in [-0.2, -0.15) is 4.98 Å². The van der Waals surface area contributed by atoms with Crippen LogP contribution in [0.15, 0.2) is 28.8 Å². The molecular weight excluding hydrogens is 304 g/mol. The molecule has 3 rings (SSSR count). The zero-order valence-corrected chi connectivity index (χ0v) is 14.5. The molecule has 0 saturated heterocycles. The van der Waals surface area contributed by atoms with Crippen LogP contribution in [0.4, 0.5) is 0 Å². The summed E-state index contributed by atoms with van der Waals surface area (Å²) in [7, 11) is 1.68. The van der Waals surface area contributed by atoms with Crippen molar-refractivity contribution >= 4 is 5.91 Å². The summed E-state index contributed by atoms with van der Waals surface area (Å²) in [5.41, 5.74) is 2.48. The van der Waals surface area contributed by atoms with Crippen LogP contribution in [0.3, 0.4) is 0 Å². The summed E-state index contributed by atoms with van der Waals surface area (Å²) in [6.45, 7) is 5.44. The Balaban J connectivity index is 1.79. The molecule has 1 amide bonds. The number of fused-ring (bicyclic) bond motifs is 1. The van der Waals surface area contributed by atoms with Gasteiger partial charge in [0.15, 0.2) is 5.82 Å². The summed E-state index contributed by atoms with van der Waals surface area (Å²) < 4.78 is 5.38. The van der Waals surface area contributed by atoms with Crippen LogP contribution in [0.5, 0.6) is 0 Å². The van der Waals surface area contributed by atoms with E-state index in [9.17, 15) is 4.79 Å². The van der Waals surface area contributed by atoms with Crippen LogP contribution in [0.25, 0.3) is 0 Å². The lowest BCUT2D eigenvalue weighted by Gasteiger charge is -2.34. The monoisotopic (exact) mass is 328 g/mol. The number of carbonyl (C=O) groups is 1. The normalized spacial score (nSPS) is 17.8. The molecule has 128 valence electrons. The molecule has 0 bridgehead atoms. The number of nitrogens with zero attached hydrogens (tertiary/aromatic N) is 3. The molecule has 0 saturated carbocycles. The Morgan fingerprint density at radius 3 is 2.83 bits per heavy atom. The van der Waals surface area contributed by atoms with Crippen molar-refractivity contribution in [1.82, 2.24) is 20.4 Å². The minimum Gasteiger partial charge on any atom is -0.358 e. The highest BCUT2D eigenvalue weighted by atomic mass is 16.5. The fraction of sp³-hybridized carbons (Fsp3) is 0.500. The van der Waals surface area contributed by atoms with Gasteiger partial charge in [-0.15, -0.1) is 0 Å². The number of hydrogen-bond donors (Lipinski definition) is 1. The zero-order valence-electron chi connectivity index (χ0n) is 14.5. The first-order chi connectivity index (χ1) is 11.6. The molecule has 0 aliphatic carbocycles. The molecule has 1 aromatic heterocycles. The van der Waals surface area contributed by atoms with Gasteiger partial charge in [-0.3, -0.25) is 9.69 Å². The molecule has 24 heavy (non-hydrogen) atoms. The van der Waals surface area contributed by atoms with Crippen molar-refractivity contribution < 1.29 is 9.32 Å². The number of benzene rings is 1. The zero-order chi connectivity index (χ0) is 17.1. The Kier molecular flexibility index (Phi) is 4.94. The fourth-order valence-electron chi connectivity index (χ4n) is 3.14. The van der Waals surface area contributed by atoms with Gasteiger partial charge in [0.1, 0.15) is 0 Å². The van der Waals surface area contributed by atoms with Gasteiger partial charge in [0.25, 0.3) is 0 Å². The number of amides is 1. The van der Waals surface area contributed by atoms with E-state index >= 15 is 0 Å². The molecule has 2 aromatic rings. The predicted molar refractivity (Wildman–Crippen MR) is 90.1 cm³/mol. The lowest BCUT2D eigenvalue weighted by Crippen LogP contribution is -2.49. The SMILES string of the molecule is CNC(=O)C1Cc2ccccc2CN1Cc1nc(CC(C)C)no1. The van der Waals surface area contributed by atoms with Gasteiger partial charge in [-0.05, 0) is 23.5 Å². The lowest BCUT2D eigenvalue weighted by molar-refractivity contribution is -0.126. The first-order valence-corrected chi connectivity index (χ1v) is 8.40. The molecule has 2 heterocycles. The third kappa shape index (κ3) is 3.64. The molecule has 6 nitrogen and oxygen atoms in total. The third-order valence-corrected chi connectivity index (χ3v) is 4.33. The summed E-state index contributed by atoms with van der Waals surface area (Å²) in [6.07, 6.45) is 1.49. The quantitative estimate of drug-likeness (QED) is 0.908. The summed E-state index contributed by atoms with van der Waals surface area (Å²) in [5.74, 6) is 1.80. The third-order valence-electron chi connectivity index (χ3n) is 4.33. The number of carbonyl (C=O) groups excluding carboxylic acids is 1. The van der Waals surface area contributed by atoms with Crippen LogP contribution < -0.4 is 5.32 Å². The average molecular weight is 328 g/mol. The summed E-state index contributed by atoms with van der Waals surface area (Å²) in [5, 5.41) is 6.81.